The van der Waals surface area contributed by atoms with Gasteiger partial charge in [-0.3, -0.25) is 14.4 Å². The fourth-order valence-electron chi connectivity index (χ4n) is 1.94. The maximum atomic E-state index is 11.5. The number of nitrogens with one attached hydrogen (secondary N) is 2. The molecule has 0 spiro atoms. The van der Waals surface area contributed by atoms with E-state index in [9.17, 15) is 14.4 Å². The third kappa shape index (κ3) is 6.91. The summed E-state index contributed by atoms with van der Waals surface area (Å²) >= 11 is 5.46. The van der Waals surface area contributed by atoms with E-state index in [1.807, 2.05) is 0 Å². The van der Waals surface area contributed by atoms with E-state index in [2.05, 4.69) is 17.6 Å². The van der Waals surface area contributed by atoms with Crippen molar-refractivity contribution in [2.45, 2.75) is 38.6 Å². The van der Waals surface area contributed by atoms with E-state index >= 15 is 0 Å². The van der Waals surface area contributed by atoms with E-state index in [0.717, 1.165) is 5.92 Å². The summed E-state index contributed by atoms with van der Waals surface area (Å²) in [6.07, 6.45) is 3.92. The molecule has 0 bridgehead atoms. The monoisotopic (exact) mass is 317 g/mol. The highest BCUT2D eigenvalue weighted by molar-refractivity contribution is 6.28. The van der Waals surface area contributed by atoms with Gasteiger partial charge in [0, 0.05) is 12.5 Å². The topological polar surface area (TPSA) is 101 Å². The number of rotatable bonds is 6. The minimum Gasteiger partial charge on any atom is -0.356 e. The minimum absolute atomic E-state index is 0.0839. The zero-order valence-electron chi connectivity index (χ0n) is 12.4. The second kappa shape index (κ2) is 9.00. The van der Waals surface area contributed by atoms with Crippen LogP contribution in [0, 0.1) is 11.8 Å². The molecule has 0 aromatic rings. The van der Waals surface area contributed by atoms with Crippen molar-refractivity contribution < 1.29 is 14.4 Å². The molecule has 1 unspecified atom stereocenters. The molecule has 1 heterocycles. The van der Waals surface area contributed by atoms with Crippen LogP contribution in [0.3, 0.4) is 0 Å². The number of nitrogens with two attached hydrogens (primary N) is 1. The van der Waals surface area contributed by atoms with Gasteiger partial charge < -0.3 is 16.4 Å². The molecule has 2 aliphatic rings. The van der Waals surface area contributed by atoms with Gasteiger partial charge in [0.25, 0.3) is 0 Å². The molecule has 6 nitrogen and oxygen atoms in total. The third-order valence-corrected chi connectivity index (χ3v) is 3.85. The number of carbonyl (C=O) groups excluding carboxylic acids is 3. The van der Waals surface area contributed by atoms with Crippen LogP contribution < -0.4 is 16.4 Å². The van der Waals surface area contributed by atoms with Gasteiger partial charge in [-0.1, -0.05) is 19.8 Å². The molecule has 4 N–H and O–H groups in total. The zero-order chi connectivity index (χ0) is 15.8. The summed E-state index contributed by atoms with van der Waals surface area (Å²) in [5.41, 5.74) is 5.16. The average Bonchev–Trinajstić information content (AvgIpc) is 3.16. The molecule has 2 amide bonds. The third-order valence-electron chi connectivity index (χ3n) is 3.59. The second-order valence-electron chi connectivity index (χ2n) is 5.62. The normalized spacial score (nSPS) is 21.9. The molecule has 2 rings (SSSR count). The molecule has 1 aliphatic heterocycles. The number of halogens is 1. The van der Waals surface area contributed by atoms with Crippen molar-refractivity contribution in [1.82, 2.24) is 10.6 Å². The van der Waals surface area contributed by atoms with Crippen LogP contribution >= 0.6 is 11.6 Å². The van der Waals surface area contributed by atoms with Gasteiger partial charge in [0.1, 0.15) is 0 Å². The highest BCUT2D eigenvalue weighted by atomic mass is 35.5. The lowest BCUT2D eigenvalue weighted by Gasteiger charge is -2.18. The Bertz CT molecular complexity index is 386. The summed E-state index contributed by atoms with van der Waals surface area (Å²) in [6, 6.07) is -0.725. The SMILES string of the molecule is CC1CC1.NCC(=O)N[C@@H](CC1CCNC1=O)C(=O)CCl. The Morgan fingerprint density at radius 2 is 2.05 bits per heavy atom. The van der Waals surface area contributed by atoms with Crippen LogP contribution in [0.15, 0.2) is 0 Å². The molecular formula is C14H24ClN3O3. The van der Waals surface area contributed by atoms with Gasteiger partial charge in [-0.15, -0.1) is 11.6 Å². The first-order valence-electron chi connectivity index (χ1n) is 7.33. The molecule has 1 aliphatic carbocycles. The summed E-state index contributed by atoms with van der Waals surface area (Å²) in [5.74, 6) is -0.159. The van der Waals surface area contributed by atoms with Crippen LogP contribution in [0.5, 0.6) is 0 Å². The first-order valence-corrected chi connectivity index (χ1v) is 7.87. The minimum atomic E-state index is -0.725. The first-order chi connectivity index (χ1) is 9.97. The van der Waals surface area contributed by atoms with Crippen molar-refractivity contribution in [3.8, 4) is 0 Å². The number of ketones is 1. The fraction of sp³-hybridized carbons (Fsp3) is 0.786. The van der Waals surface area contributed by atoms with Crippen molar-refractivity contribution in [2.75, 3.05) is 19.0 Å². The lowest BCUT2D eigenvalue weighted by molar-refractivity contribution is -0.127. The Kier molecular flexibility index (Phi) is 7.67. The van der Waals surface area contributed by atoms with E-state index in [-0.39, 0.29) is 36.5 Å². The number of amides is 2. The Morgan fingerprint density at radius 1 is 1.43 bits per heavy atom. The highest BCUT2D eigenvalue weighted by Gasteiger charge is 2.30. The average molecular weight is 318 g/mol. The smallest absolute Gasteiger partial charge is 0.234 e. The summed E-state index contributed by atoms with van der Waals surface area (Å²) in [7, 11) is 0. The quantitative estimate of drug-likeness (QED) is 0.608. The van der Waals surface area contributed by atoms with E-state index < -0.39 is 11.9 Å². The van der Waals surface area contributed by atoms with Crippen LogP contribution in [-0.4, -0.2) is 42.6 Å². The van der Waals surface area contributed by atoms with E-state index in [4.69, 9.17) is 17.3 Å². The number of alkyl halides is 1. The molecular weight excluding hydrogens is 294 g/mol. The van der Waals surface area contributed by atoms with Crippen molar-refractivity contribution in [3.63, 3.8) is 0 Å². The van der Waals surface area contributed by atoms with Crippen molar-refractivity contribution >= 4 is 29.2 Å². The van der Waals surface area contributed by atoms with Crippen molar-refractivity contribution in [3.05, 3.63) is 0 Å². The maximum Gasteiger partial charge on any atom is 0.234 e. The molecule has 7 heteroatoms. The summed E-state index contributed by atoms with van der Waals surface area (Å²) in [6.45, 7) is 2.69. The lowest BCUT2D eigenvalue weighted by atomic mass is 9.96. The summed E-state index contributed by atoms with van der Waals surface area (Å²) in [5, 5.41) is 5.17. The summed E-state index contributed by atoms with van der Waals surface area (Å²) < 4.78 is 0. The van der Waals surface area contributed by atoms with Crippen LogP contribution in [0.25, 0.3) is 0 Å². The van der Waals surface area contributed by atoms with Gasteiger partial charge in [-0.2, -0.15) is 0 Å². The molecule has 0 aromatic carbocycles. The molecule has 1 saturated heterocycles. The Hall–Kier alpha value is -1.14. The molecule has 0 aromatic heterocycles. The number of Topliss-reactive ketones (excluding diaryl/α,β-unsaturated/α-hetero) is 1. The first kappa shape index (κ1) is 17.9. The molecule has 2 fully saturated rings. The lowest BCUT2D eigenvalue weighted by Crippen LogP contribution is -2.45. The fourth-order valence-corrected chi connectivity index (χ4v) is 2.12. The number of hydrogen-bond donors (Lipinski definition) is 3. The standard InChI is InChI=1S/C10H16ClN3O3.C4H8/c11-4-8(15)7(14-9(16)5-12)3-6-1-2-13-10(6)17;1-4-2-3-4/h6-7H,1-5,12H2,(H,13,17)(H,14,16);4H,2-3H2,1H3/t6?,7-;/m0./s1. The van der Waals surface area contributed by atoms with Crippen LogP contribution in [-0.2, 0) is 14.4 Å². The second-order valence-corrected chi connectivity index (χ2v) is 5.89. The molecule has 0 radical (unpaired) electrons. The van der Waals surface area contributed by atoms with E-state index in [0.29, 0.717) is 13.0 Å². The summed E-state index contributed by atoms with van der Waals surface area (Å²) in [4.78, 5) is 34.1. The Morgan fingerprint density at radius 3 is 2.43 bits per heavy atom. The van der Waals surface area contributed by atoms with Crippen molar-refractivity contribution in [2.24, 2.45) is 17.6 Å². The van der Waals surface area contributed by atoms with Gasteiger partial charge in [-0.25, -0.2) is 0 Å². The van der Waals surface area contributed by atoms with Gasteiger partial charge in [0.2, 0.25) is 11.8 Å². The van der Waals surface area contributed by atoms with Gasteiger partial charge >= 0.3 is 0 Å². The van der Waals surface area contributed by atoms with Gasteiger partial charge in [0.15, 0.2) is 5.78 Å². The zero-order valence-corrected chi connectivity index (χ0v) is 13.1. The predicted octanol–water partition coefficient (Wildman–Crippen LogP) is 0.180. The van der Waals surface area contributed by atoms with Crippen LogP contribution in [0.4, 0.5) is 0 Å². The molecule has 120 valence electrons. The van der Waals surface area contributed by atoms with Crippen LogP contribution in [0.2, 0.25) is 0 Å². The predicted molar refractivity (Wildman–Crippen MR) is 80.8 cm³/mol. The molecule has 2 atom stereocenters. The molecule has 21 heavy (non-hydrogen) atoms. The van der Waals surface area contributed by atoms with Gasteiger partial charge in [-0.05, 0) is 18.8 Å². The van der Waals surface area contributed by atoms with E-state index in [1.54, 1.807) is 0 Å². The van der Waals surface area contributed by atoms with Gasteiger partial charge in [0.05, 0.1) is 18.5 Å². The number of carbonyl (C=O) groups is 3. The Balaban J connectivity index is 0.000000471. The highest BCUT2D eigenvalue weighted by Crippen LogP contribution is 2.26. The van der Waals surface area contributed by atoms with E-state index in [1.165, 1.54) is 12.8 Å². The number of hydrogen-bond acceptors (Lipinski definition) is 4. The Labute approximate surface area is 130 Å². The molecule has 1 saturated carbocycles. The maximum absolute atomic E-state index is 11.5. The van der Waals surface area contributed by atoms with Crippen LogP contribution in [0.1, 0.15) is 32.6 Å². The largest absolute Gasteiger partial charge is 0.356 e. The van der Waals surface area contributed by atoms with Crippen molar-refractivity contribution in [1.29, 1.82) is 0 Å².